The van der Waals surface area contributed by atoms with Gasteiger partial charge in [-0.25, -0.2) is 4.79 Å². The van der Waals surface area contributed by atoms with Crippen LogP contribution < -0.4 is 4.90 Å². The second-order valence-corrected chi connectivity index (χ2v) is 6.51. The van der Waals surface area contributed by atoms with E-state index in [1.807, 2.05) is 17.9 Å². The van der Waals surface area contributed by atoms with Crippen molar-refractivity contribution in [3.8, 4) is 0 Å². The van der Waals surface area contributed by atoms with Crippen LogP contribution in [0, 0.1) is 12.8 Å². The number of anilines is 1. The molecule has 6 heteroatoms. The molecule has 1 aromatic heterocycles. The zero-order valence-electron chi connectivity index (χ0n) is 13.0. The van der Waals surface area contributed by atoms with Crippen molar-refractivity contribution in [2.45, 2.75) is 34.1 Å². The summed E-state index contributed by atoms with van der Waals surface area (Å²) >= 11 is 1.50. The van der Waals surface area contributed by atoms with E-state index in [9.17, 15) is 9.59 Å². The Balaban J connectivity index is 3.04. The average molecular weight is 313 g/mol. The molecule has 0 aliphatic heterocycles. The van der Waals surface area contributed by atoms with E-state index in [0.29, 0.717) is 31.2 Å². The fraction of sp³-hybridized carbons (Fsp3) is 0.600. The molecule has 0 unspecified atom stereocenters. The van der Waals surface area contributed by atoms with Crippen LogP contribution in [-0.4, -0.2) is 36.7 Å². The lowest BCUT2D eigenvalue weighted by Crippen LogP contribution is -2.30. The van der Waals surface area contributed by atoms with Crippen LogP contribution in [-0.2, 0) is 9.53 Å². The second-order valence-electron chi connectivity index (χ2n) is 5.28. The first-order valence-electron chi connectivity index (χ1n) is 7.09. The average Bonchev–Trinajstić information content (AvgIpc) is 2.76. The fourth-order valence-corrected chi connectivity index (χ4v) is 3.07. The number of hydrogen-bond acceptors (Lipinski definition) is 5. The highest BCUT2D eigenvalue weighted by Crippen LogP contribution is 2.32. The van der Waals surface area contributed by atoms with Crippen LogP contribution in [0.4, 0.5) is 5.00 Å². The van der Waals surface area contributed by atoms with E-state index in [4.69, 9.17) is 9.84 Å². The van der Waals surface area contributed by atoms with Crippen LogP contribution >= 0.6 is 11.3 Å². The highest BCUT2D eigenvalue weighted by molar-refractivity contribution is 7.16. The van der Waals surface area contributed by atoms with Crippen molar-refractivity contribution >= 4 is 28.3 Å². The molecule has 21 heavy (non-hydrogen) atoms. The normalized spacial score (nSPS) is 10.7. The van der Waals surface area contributed by atoms with Gasteiger partial charge in [0.1, 0.15) is 5.00 Å². The molecule has 0 spiro atoms. The van der Waals surface area contributed by atoms with Gasteiger partial charge in [-0.15, -0.1) is 11.3 Å². The van der Waals surface area contributed by atoms with Gasteiger partial charge in [0.15, 0.2) is 0 Å². The number of carbonyl (C=O) groups is 2. The Hall–Kier alpha value is -1.56. The number of carboxylic acid groups (broad SMARTS) is 1. The summed E-state index contributed by atoms with van der Waals surface area (Å²) in [5, 5.41) is 9.70. The van der Waals surface area contributed by atoms with Gasteiger partial charge in [-0.05, 0) is 25.8 Å². The molecule has 0 aliphatic carbocycles. The van der Waals surface area contributed by atoms with Crippen molar-refractivity contribution in [3.63, 3.8) is 0 Å². The summed E-state index contributed by atoms with van der Waals surface area (Å²) in [6, 6.07) is 1.81. The first kappa shape index (κ1) is 17.5. The summed E-state index contributed by atoms with van der Waals surface area (Å²) in [7, 11) is 0. The maximum atomic E-state index is 12.0. The minimum atomic E-state index is -0.838. The van der Waals surface area contributed by atoms with Crippen molar-refractivity contribution in [2.75, 3.05) is 24.6 Å². The zero-order chi connectivity index (χ0) is 16.0. The van der Waals surface area contributed by atoms with Crippen molar-refractivity contribution in [2.24, 2.45) is 5.92 Å². The molecule has 0 aromatic carbocycles. The first-order valence-corrected chi connectivity index (χ1v) is 7.91. The van der Waals surface area contributed by atoms with E-state index < -0.39 is 5.97 Å². The molecule has 5 nitrogen and oxygen atoms in total. The van der Waals surface area contributed by atoms with Crippen LogP contribution in [0.2, 0.25) is 0 Å². The molecule has 1 aromatic rings. The number of carbonyl (C=O) groups excluding carboxylic acids is 1. The minimum Gasteiger partial charge on any atom is -0.481 e. The highest BCUT2D eigenvalue weighted by Gasteiger charge is 2.22. The van der Waals surface area contributed by atoms with Gasteiger partial charge in [0.2, 0.25) is 0 Å². The van der Waals surface area contributed by atoms with Gasteiger partial charge in [-0.2, -0.15) is 0 Å². The van der Waals surface area contributed by atoms with Crippen molar-refractivity contribution in [3.05, 3.63) is 16.5 Å². The molecule has 0 atom stereocenters. The molecular formula is C15H23NO4S. The Labute approximate surface area is 129 Å². The smallest absolute Gasteiger partial charge is 0.341 e. The Kier molecular flexibility index (Phi) is 6.68. The maximum absolute atomic E-state index is 12.0. The van der Waals surface area contributed by atoms with Gasteiger partial charge in [0, 0.05) is 18.0 Å². The standard InChI is InChI=1S/C15H23NO4S/c1-5-20-15(19)12-8-11(4)21-14(12)16(9-10(2)3)7-6-13(17)18/h8,10H,5-7,9H2,1-4H3,(H,17,18). The molecule has 0 amide bonds. The summed E-state index contributed by atoms with van der Waals surface area (Å²) in [6.45, 7) is 9.26. The van der Waals surface area contributed by atoms with E-state index in [0.717, 1.165) is 9.88 Å². The predicted molar refractivity (Wildman–Crippen MR) is 84.3 cm³/mol. The quantitative estimate of drug-likeness (QED) is 0.747. The third-order valence-corrected chi connectivity index (χ3v) is 3.91. The van der Waals surface area contributed by atoms with Crippen molar-refractivity contribution < 1.29 is 19.4 Å². The van der Waals surface area contributed by atoms with E-state index in [1.165, 1.54) is 11.3 Å². The molecule has 0 bridgehead atoms. The van der Waals surface area contributed by atoms with Crippen molar-refractivity contribution in [1.29, 1.82) is 0 Å². The van der Waals surface area contributed by atoms with Crippen LogP contribution in [0.15, 0.2) is 6.07 Å². The summed E-state index contributed by atoms with van der Waals surface area (Å²) in [6.07, 6.45) is 0.0476. The summed E-state index contributed by atoms with van der Waals surface area (Å²) in [5.74, 6) is -0.813. The molecule has 0 saturated heterocycles. The van der Waals surface area contributed by atoms with E-state index in [-0.39, 0.29) is 12.4 Å². The van der Waals surface area contributed by atoms with Gasteiger partial charge in [0.25, 0.3) is 0 Å². The van der Waals surface area contributed by atoms with Crippen LogP contribution in [0.1, 0.15) is 42.4 Å². The third-order valence-electron chi connectivity index (χ3n) is 2.80. The molecule has 1 N–H and O–H groups in total. The zero-order valence-corrected chi connectivity index (χ0v) is 13.8. The Morgan fingerprint density at radius 3 is 2.62 bits per heavy atom. The van der Waals surface area contributed by atoms with Crippen LogP contribution in [0.5, 0.6) is 0 Å². The van der Waals surface area contributed by atoms with Crippen LogP contribution in [0.25, 0.3) is 0 Å². The van der Waals surface area contributed by atoms with Gasteiger partial charge < -0.3 is 14.7 Å². The third kappa shape index (κ3) is 5.38. The van der Waals surface area contributed by atoms with E-state index in [1.54, 1.807) is 6.92 Å². The number of aliphatic carboxylic acids is 1. The largest absolute Gasteiger partial charge is 0.481 e. The first-order chi connectivity index (χ1) is 9.85. The lowest BCUT2D eigenvalue weighted by Gasteiger charge is -2.25. The summed E-state index contributed by atoms with van der Waals surface area (Å²) < 4.78 is 5.09. The molecule has 118 valence electrons. The van der Waals surface area contributed by atoms with Crippen LogP contribution in [0.3, 0.4) is 0 Å². The number of ether oxygens (including phenoxy) is 1. The molecule has 0 aliphatic rings. The highest BCUT2D eigenvalue weighted by atomic mass is 32.1. The number of aryl methyl sites for hydroxylation is 1. The predicted octanol–water partition coefficient (Wildman–Crippen LogP) is 3.17. The van der Waals surface area contributed by atoms with E-state index >= 15 is 0 Å². The summed E-state index contributed by atoms with van der Waals surface area (Å²) in [4.78, 5) is 25.9. The minimum absolute atomic E-state index is 0.0476. The van der Waals surface area contributed by atoms with Crippen molar-refractivity contribution in [1.82, 2.24) is 0 Å². The Morgan fingerprint density at radius 1 is 1.43 bits per heavy atom. The number of thiophene rings is 1. The molecular weight excluding hydrogens is 290 g/mol. The monoisotopic (exact) mass is 313 g/mol. The fourth-order valence-electron chi connectivity index (χ4n) is 2.04. The molecule has 1 heterocycles. The number of nitrogens with zero attached hydrogens (tertiary/aromatic N) is 1. The topological polar surface area (TPSA) is 66.8 Å². The van der Waals surface area contributed by atoms with Gasteiger partial charge in [-0.3, -0.25) is 4.79 Å². The lowest BCUT2D eigenvalue weighted by molar-refractivity contribution is -0.136. The Morgan fingerprint density at radius 2 is 2.10 bits per heavy atom. The molecule has 0 saturated carbocycles. The SMILES string of the molecule is CCOC(=O)c1cc(C)sc1N(CCC(=O)O)CC(C)C. The van der Waals surface area contributed by atoms with Gasteiger partial charge in [0.05, 0.1) is 18.6 Å². The Bertz CT molecular complexity index is 496. The molecule has 0 fully saturated rings. The van der Waals surface area contributed by atoms with Gasteiger partial charge in [-0.1, -0.05) is 13.8 Å². The summed E-state index contributed by atoms with van der Waals surface area (Å²) in [5.41, 5.74) is 0.533. The maximum Gasteiger partial charge on any atom is 0.341 e. The number of hydrogen-bond donors (Lipinski definition) is 1. The molecule has 0 radical (unpaired) electrons. The second kappa shape index (κ2) is 8.02. The number of esters is 1. The molecule has 1 rings (SSSR count). The number of carboxylic acids is 1. The number of rotatable bonds is 8. The lowest BCUT2D eigenvalue weighted by atomic mass is 10.2. The van der Waals surface area contributed by atoms with E-state index in [2.05, 4.69) is 13.8 Å². The van der Waals surface area contributed by atoms with Gasteiger partial charge >= 0.3 is 11.9 Å².